The number of ketones is 3. The summed E-state index contributed by atoms with van der Waals surface area (Å²) in [6.45, 7) is 3.38. The van der Waals surface area contributed by atoms with Crippen LogP contribution in [0.15, 0.2) is 22.5 Å². The minimum absolute atomic E-state index is 0.0302. The zero-order valence-electron chi connectivity index (χ0n) is 24.5. The average molecular weight is 658 g/mol. The third kappa shape index (κ3) is 5.31. The van der Waals surface area contributed by atoms with Crippen molar-refractivity contribution in [2.75, 3.05) is 12.9 Å². The summed E-state index contributed by atoms with van der Waals surface area (Å²) >= 11 is 2.38. The van der Waals surface area contributed by atoms with Gasteiger partial charge in [-0.15, -0.1) is 10.2 Å². The number of carbonyl (C=O) groups is 3. The molecule has 0 spiro atoms. The van der Waals surface area contributed by atoms with E-state index in [1.807, 2.05) is 0 Å². The molecular formula is C30H31N3O10S2. The van der Waals surface area contributed by atoms with Crippen molar-refractivity contribution in [1.29, 1.82) is 0 Å². The highest BCUT2D eigenvalue weighted by molar-refractivity contribution is 8.01. The van der Waals surface area contributed by atoms with E-state index in [4.69, 9.17) is 19.9 Å². The number of hydrogen-bond donors (Lipinski definition) is 5. The lowest BCUT2D eigenvalue weighted by Crippen LogP contribution is -2.52. The number of aromatic hydroxyl groups is 2. The number of benzene rings is 2. The Balaban J connectivity index is 1.45. The fraction of sp³-hybridized carbons (Fsp3) is 0.433. The summed E-state index contributed by atoms with van der Waals surface area (Å²) in [7, 11) is 1.34. The van der Waals surface area contributed by atoms with Gasteiger partial charge in [0, 0.05) is 42.0 Å². The van der Waals surface area contributed by atoms with E-state index in [0.717, 1.165) is 11.8 Å². The summed E-state index contributed by atoms with van der Waals surface area (Å²) < 4.78 is 17.9. The van der Waals surface area contributed by atoms with Gasteiger partial charge >= 0.3 is 0 Å². The van der Waals surface area contributed by atoms with Crippen LogP contribution in [0.1, 0.15) is 73.8 Å². The Morgan fingerprint density at radius 1 is 1.18 bits per heavy atom. The molecule has 13 nitrogen and oxygen atoms in total. The molecule has 1 aliphatic heterocycles. The molecule has 6 rings (SSSR count). The quantitative estimate of drug-likeness (QED) is 0.142. The number of rotatable bonds is 7. The van der Waals surface area contributed by atoms with Gasteiger partial charge in [-0.3, -0.25) is 14.4 Å². The fourth-order valence-electron chi connectivity index (χ4n) is 6.20. The summed E-state index contributed by atoms with van der Waals surface area (Å²) in [6.07, 6.45) is -4.84. The lowest BCUT2D eigenvalue weighted by molar-refractivity contribution is -0.247. The third-order valence-electron chi connectivity index (χ3n) is 8.50. The Morgan fingerprint density at radius 2 is 1.91 bits per heavy atom. The van der Waals surface area contributed by atoms with Crippen molar-refractivity contribution in [3.05, 3.63) is 56.6 Å². The van der Waals surface area contributed by atoms with Crippen LogP contribution < -0.4 is 10.5 Å². The number of aryl methyl sites for hydroxylation is 1. The number of nitrogens with zero attached hydrogens (tertiary/aromatic N) is 2. The number of nitrogens with two attached hydrogens (primary N) is 1. The van der Waals surface area contributed by atoms with Crippen molar-refractivity contribution in [3.8, 4) is 17.2 Å². The van der Waals surface area contributed by atoms with E-state index in [9.17, 15) is 34.8 Å². The highest BCUT2D eigenvalue weighted by atomic mass is 32.2. The molecule has 3 aromatic rings. The normalized spacial score (nSPS) is 27.5. The number of thioether (sulfide) groups is 1. The second kappa shape index (κ2) is 11.7. The van der Waals surface area contributed by atoms with Crippen LogP contribution in [0.5, 0.6) is 17.2 Å². The second-order valence-corrected chi connectivity index (χ2v) is 13.8. The summed E-state index contributed by atoms with van der Waals surface area (Å²) in [4.78, 5) is 41.2. The number of hydrogen-bond acceptors (Lipinski definition) is 15. The molecule has 45 heavy (non-hydrogen) atoms. The zero-order valence-corrected chi connectivity index (χ0v) is 26.1. The molecule has 1 saturated heterocycles. The molecule has 2 heterocycles. The lowest BCUT2D eigenvalue weighted by Gasteiger charge is -2.42. The van der Waals surface area contributed by atoms with E-state index >= 15 is 0 Å². The highest BCUT2D eigenvalue weighted by Crippen LogP contribution is 2.52. The summed E-state index contributed by atoms with van der Waals surface area (Å²) in [5, 5.41) is 54.1. The van der Waals surface area contributed by atoms with Crippen LogP contribution >= 0.6 is 23.1 Å². The SMILES string of the molecule is COc1cccc2c1C(=O)c1c(O)c3c(c(O)c1C2=O)CC(O)(C(=O)CSc1nnc(C)s1)CC3OC1CC(N)C(O)C(C)O1. The van der Waals surface area contributed by atoms with E-state index in [-0.39, 0.29) is 46.6 Å². The predicted octanol–water partition coefficient (Wildman–Crippen LogP) is 1.96. The molecule has 6 N–H and O–H groups in total. The van der Waals surface area contributed by atoms with Crippen LogP contribution in [0, 0.1) is 6.92 Å². The molecule has 1 fully saturated rings. The van der Waals surface area contributed by atoms with Crippen LogP contribution in [0.4, 0.5) is 0 Å². The Bertz CT molecular complexity index is 1720. The maximum atomic E-state index is 13.8. The first kappa shape index (κ1) is 31.5. The largest absolute Gasteiger partial charge is 0.507 e. The molecule has 3 aliphatic rings. The van der Waals surface area contributed by atoms with Crippen LogP contribution in [-0.2, 0) is 20.7 Å². The van der Waals surface area contributed by atoms with Gasteiger partial charge in [0.05, 0.1) is 47.9 Å². The Kier molecular flexibility index (Phi) is 8.22. The smallest absolute Gasteiger partial charge is 0.202 e. The van der Waals surface area contributed by atoms with E-state index in [2.05, 4.69) is 10.2 Å². The number of methoxy groups -OCH3 is 1. The van der Waals surface area contributed by atoms with Crippen molar-refractivity contribution >= 4 is 40.4 Å². The van der Waals surface area contributed by atoms with Crippen LogP contribution in [0.2, 0.25) is 0 Å². The molecule has 6 atom stereocenters. The first-order chi connectivity index (χ1) is 21.3. The average Bonchev–Trinajstić information content (AvgIpc) is 3.43. The monoisotopic (exact) mass is 657 g/mol. The van der Waals surface area contributed by atoms with E-state index in [1.54, 1.807) is 13.8 Å². The molecule has 0 saturated carbocycles. The van der Waals surface area contributed by atoms with Gasteiger partial charge in [0.2, 0.25) is 5.78 Å². The number of Topliss-reactive ketones (excluding diaryl/α,β-unsaturated/α-hetero) is 1. The summed E-state index contributed by atoms with van der Waals surface area (Å²) in [5.74, 6) is -3.46. The number of aromatic nitrogens is 2. The predicted molar refractivity (Wildman–Crippen MR) is 160 cm³/mol. The van der Waals surface area contributed by atoms with Gasteiger partial charge in [-0.1, -0.05) is 35.2 Å². The van der Waals surface area contributed by atoms with Gasteiger partial charge in [-0.2, -0.15) is 0 Å². The Hall–Kier alpha value is -3.44. The molecule has 2 aliphatic carbocycles. The number of ether oxygens (including phenoxy) is 3. The topological polar surface area (TPSA) is 212 Å². The van der Waals surface area contributed by atoms with Crippen molar-refractivity contribution in [2.24, 2.45) is 5.73 Å². The van der Waals surface area contributed by atoms with Crippen molar-refractivity contribution < 1.29 is 49.0 Å². The lowest BCUT2D eigenvalue weighted by atomic mass is 9.72. The minimum atomic E-state index is -2.12. The number of phenolic OH excluding ortho intramolecular Hbond substituents is 2. The molecule has 238 valence electrons. The number of carbonyl (C=O) groups excluding carboxylic acids is 3. The first-order valence-corrected chi connectivity index (χ1v) is 15.9. The molecule has 0 radical (unpaired) electrons. The third-order valence-corrected chi connectivity index (χ3v) is 10.5. The van der Waals surface area contributed by atoms with E-state index in [1.165, 1.54) is 36.6 Å². The maximum absolute atomic E-state index is 13.8. The van der Waals surface area contributed by atoms with Gasteiger partial charge in [0.1, 0.15) is 27.9 Å². The second-order valence-electron chi connectivity index (χ2n) is 11.4. The molecule has 15 heteroatoms. The maximum Gasteiger partial charge on any atom is 0.202 e. The Labute approximate surface area is 265 Å². The standard InChI is InChI=1S/C30H31N3O10S2/c1-11-24(35)15(31)7-19(42-11)43-17-9-30(40,18(34)10-44-29-33-32-12(2)45-29)8-14-21(17)28(39)23-22(26(14)37)25(36)13-5-4-6-16(41-3)20(13)27(23)38/h4-6,11,15,17,19,24,35,37,39-40H,7-10,31H2,1-3H3. The molecule has 6 unspecified atom stereocenters. The van der Waals surface area contributed by atoms with Crippen LogP contribution in [0.25, 0.3) is 0 Å². The molecule has 2 aromatic carbocycles. The van der Waals surface area contributed by atoms with Crippen LogP contribution in [-0.4, -0.2) is 91.0 Å². The van der Waals surface area contributed by atoms with Crippen LogP contribution in [0.3, 0.4) is 0 Å². The fourth-order valence-corrected chi connectivity index (χ4v) is 8.01. The van der Waals surface area contributed by atoms with Gasteiger partial charge in [0.25, 0.3) is 0 Å². The van der Waals surface area contributed by atoms with Gasteiger partial charge in [-0.05, 0) is 19.9 Å². The van der Waals surface area contributed by atoms with Crippen molar-refractivity contribution in [2.45, 2.75) is 73.7 Å². The highest BCUT2D eigenvalue weighted by Gasteiger charge is 2.50. The number of aliphatic hydroxyl groups is 2. The first-order valence-electron chi connectivity index (χ1n) is 14.1. The molecule has 1 aromatic heterocycles. The number of aliphatic hydroxyl groups excluding tert-OH is 1. The molecule has 0 amide bonds. The molecule has 0 bridgehead atoms. The number of fused-ring (bicyclic) bond motifs is 3. The van der Waals surface area contributed by atoms with E-state index < -0.39 is 82.6 Å². The summed E-state index contributed by atoms with van der Waals surface area (Å²) in [5.41, 5.74) is 2.82. The van der Waals surface area contributed by atoms with Crippen molar-refractivity contribution in [3.63, 3.8) is 0 Å². The number of phenols is 2. The zero-order chi connectivity index (χ0) is 32.4. The minimum Gasteiger partial charge on any atom is -0.507 e. The van der Waals surface area contributed by atoms with Gasteiger partial charge < -0.3 is 40.4 Å². The molecular weight excluding hydrogens is 626 g/mol. The van der Waals surface area contributed by atoms with Crippen molar-refractivity contribution in [1.82, 2.24) is 10.2 Å². The summed E-state index contributed by atoms with van der Waals surface area (Å²) in [6, 6.07) is 3.72. The Morgan fingerprint density at radius 3 is 2.58 bits per heavy atom. The van der Waals surface area contributed by atoms with E-state index in [0.29, 0.717) is 9.35 Å². The van der Waals surface area contributed by atoms with Gasteiger partial charge in [-0.25, -0.2) is 0 Å². The van der Waals surface area contributed by atoms with Gasteiger partial charge in [0.15, 0.2) is 22.2 Å².